The molecule has 1 aliphatic heterocycles. The summed E-state index contributed by atoms with van der Waals surface area (Å²) in [6.07, 6.45) is 6.60. The molecule has 1 aromatic carbocycles. The first-order chi connectivity index (χ1) is 12.7. The molecule has 1 atom stereocenters. The van der Waals surface area contributed by atoms with Crippen LogP contribution in [-0.2, 0) is 17.8 Å². The van der Waals surface area contributed by atoms with Gasteiger partial charge in [-0.25, -0.2) is 4.98 Å². The van der Waals surface area contributed by atoms with E-state index in [0.29, 0.717) is 11.2 Å². The number of thiazole rings is 1. The summed E-state index contributed by atoms with van der Waals surface area (Å²) in [5, 5.41) is 3.48. The van der Waals surface area contributed by atoms with Gasteiger partial charge in [-0.05, 0) is 44.4 Å². The third-order valence-corrected chi connectivity index (χ3v) is 5.71. The van der Waals surface area contributed by atoms with Crippen LogP contribution in [0.3, 0.4) is 0 Å². The highest BCUT2D eigenvalue weighted by Gasteiger charge is 2.19. The number of rotatable bonds is 7. The Labute approximate surface area is 159 Å². The van der Waals surface area contributed by atoms with Crippen LogP contribution in [0, 0.1) is 0 Å². The molecule has 1 saturated heterocycles. The number of aromatic nitrogens is 1. The lowest BCUT2D eigenvalue weighted by Crippen LogP contribution is -2.36. The first-order valence-electron chi connectivity index (χ1n) is 9.35. The minimum Gasteiger partial charge on any atom is -0.483 e. The highest BCUT2D eigenvalue weighted by molar-refractivity contribution is 7.15. The molecule has 1 aliphatic rings. The molecule has 0 spiro atoms. The summed E-state index contributed by atoms with van der Waals surface area (Å²) in [6, 6.07) is 8.43. The maximum Gasteiger partial charge on any atom is 0.264 e. The van der Waals surface area contributed by atoms with Crippen molar-refractivity contribution in [2.24, 2.45) is 0 Å². The summed E-state index contributed by atoms with van der Waals surface area (Å²) in [5.74, 6) is 0.590. The van der Waals surface area contributed by atoms with E-state index in [1.165, 1.54) is 24.1 Å². The molecule has 1 amide bonds. The molecule has 1 aromatic heterocycles. The van der Waals surface area contributed by atoms with Gasteiger partial charge >= 0.3 is 0 Å². The summed E-state index contributed by atoms with van der Waals surface area (Å²) in [6.45, 7) is 6.41. The van der Waals surface area contributed by atoms with Crippen LogP contribution >= 0.6 is 11.3 Å². The van der Waals surface area contributed by atoms with E-state index in [1.54, 1.807) is 11.3 Å². The van der Waals surface area contributed by atoms with Crippen LogP contribution in [0.25, 0.3) is 0 Å². The van der Waals surface area contributed by atoms with Crippen molar-refractivity contribution in [3.8, 4) is 5.75 Å². The molecular weight excluding hydrogens is 346 g/mol. The van der Waals surface area contributed by atoms with Gasteiger partial charge in [0.15, 0.2) is 11.7 Å². The summed E-state index contributed by atoms with van der Waals surface area (Å²) >= 11 is 1.55. The normalized spacial score (nSPS) is 17.8. The predicted molar refractivity (Wildman–Crippen MR) is 106 cm³/mol. The van der Waals surface area contributed by atoms with Gasteiger partial charge in [-0.1, -0.05) is 31.5 Å². The Morgan fingerprint density at radius 1 is 1.38 bits per heavy atom. The van der Waals surface area contributed by atoms with Gasteiger partial charge in [-0.3, -0.25) is 15.0 Å². The third-order valence-electron chi connectivity index (χ3n) is 4.81. The van der Waals surface area contributed by atoms with Gasteiger partial charge < -0.3 is 4.74 Å². The summed E-state index contributed by atoms with van der Waals surface area (Å²) in [5.41, 5.74) is 1.10. The molecule has 0 bridgehead atoms. The lowest BCUT2D eigenvalue weighted by Gasteiger charge is -2.32. The number of nitrogens with one attached hydrogen (secondary N) is 1. The second-order valence-corrected chi connectivity index (χ2v) is 7.86. The molecule has 5 nitrogen and oxygen atoms in total. The summed E-state index contributed by atoms with van der Waals surface area (Å²) in [7, 11) is 0. The van der Waals surface area contributed by atoms with Crippen molar-refractivity contribution in [2.75, 3.05) is 18.5 Å². The molecule has 1 fully saturated rings. The van der Waals surface area contributed by atoms with Crippen LogP contribution in [0.5, 0.6) is 5.75 Å². The van der Waals surface area contributed by atoms with Crippen molar-refractivity contribution in [2.45, 2.75) is 52.1 Å². The Morgan fingerprint density at radius 3 is 3.04 bits per heavy atom. The van der Waals surface area contributed by atoms with Gasteiger partial charge in [0.25, 0.3) is 5.91 Å². The Balaban J connectivity index is 1.49. The largest absolute Gasteiger partial charge is 0.483 e. The third kappa shape index (κ3) is 5.05. The number of benzene rings is 1. The molecule has 140 valence electrons. The van der Waals surface area contributed by atoms with Crippen LogP contribution in [0.2, 0.25) is 0 Å². The van der Waals surface area contributed by atoms with Crippen molar-refractivity contribution in [1.82, 2.24) is 9.88 Å². The van der Waals surface area contributed by atoms with E-state index < -0.39 is 0 Å². The van der Waals surface area contributed by atoms with Crippen LogP contribution < -0.4 is 10.1 Å². The van der Waals surface area contributed by atoms with Crippen molar-refractivity contribution in [3.05, 3.63) is 40.9 Å². The zero-order chi connectivity index (χ0) is 18.4. The molecule has 0 aliphatic carbocycles. The number of amides is 1. The second-order valence-electron chi connectivity index (χ2n) is 6.75. The standard InChI is InChI=1S/C20H27N3O2S/c1-3-16-9-4-5-10-18(16)25-14-19(24)22-20-21-12-17(26-20)13-23-11-7-6-8-15(23)2/h4-5,9-10,12,15H,3,6-8,11,13-14H2,1-2H3,(H,21,22,24). The minimum atomic E-state index is -0.178. The zero-order valence-corrected chi connectivity index (χ0v) is 16.3. The Kier molecular flexibility index (Phi) is 6.63. The van der Waals surface area contributed by atoms with E-state index in [9.17, 15) is 4.79 Å². The van der Waals surface area contributed by atoms with Crippen LogP contribution in [0.15, 0.2) is 30.5 Å². The quantitative estimate of drug-likeness (QED) is 0.794. The highest BCUT2D eigenvalue weighted by Crippen LogP contribution is 2.24. The number of aryl methyl sites for hydroxylation is 1. The molecule has 0 saturated carbocycles. The van der Waals surface area contributed by atoms with Gasteiger partial charge in [-0.2, -0.15) is 0 Å². The number of para-hydroxylation sites is 1. The number of likely N-dealkylation sites (tertiary alicyclic amines) is 1. The minimum absolute atomic E-state index is 0.00488. The maximum absolute atomic E-state index is 12.2. The van der Waals surface area contributed by atoms with Gasteiger partial charge in [0.1, 0.15) is 5.75 Å². The van der Waals surface area contributed by atoms with Gasteiger partial charge in [0.05, 0.1) is 0 Å². The SMILES string of the molecule is CCc1ccccc1OCC(=O)Nc1ncc(CN2CCCCC2C)s1. The van der Waals surface area contributed by atoms with E-state index in [1.807, 2.05) is 30.5 Å². The van der Waals surface area contributed by atoms with Crippen molar-refractivity contribution >= 4 is 22.4 Å². The lowest BCUT2D eigenvalue weighted by molar-refractivity contribution is -0.118. The topological polar surface area (TPSA) is 54.5 Å². The molecule has 1 unspecified atom stereocenters. The number of hydrogen-bond acceptors (Lipinski definition) is 5. The van der Waals surface area contributed by atoms with Gasteiger partial charge in [0, 0.05) is 23.7 Å². The van der Waals surface area contributed by atoms with E-state index in [2.05, 4.69) is 29.0 Å². The number of carbonyl (C=O) groups excluding carboxylic acids is 1. The van der Waals surface area contributed by atoms with E-state index in [0.717, 1.165) is 30.8 Å². The molecule has 0 radical (unpaired) electrons. The summed E-state index contributed by atoms with van der Waals surface area (Å²) in [4.78, 5) is 20.2. The fraction of sp³-hybridized carbons (Fsp3) is 0.500. The first-order valence-corrected chi connectivity index (χ1v) is 10.2. The summed E-state index contributed by atoms with van der Waals surface area (Å²) < 4.78 is 5.66. The second kappa shape index (κ2) is 9.14. The van der Waals surface area contributed by atoms with Crippen molar-refractivity contribution < 1.29 is 9.53 Å². The van der Waals surface area contributed by atoms with Crippen molar-refractivity contribution in [1.29, 1.82) is 0 Å². The molecule has 2 heterocycles. The fourth-order valence-corrected chi connectivity index (χ4v) is 4.12. The van der Waals surface area contributed by atoms with E-state index in [4.69, 9.17) is 4.74 Å². The molecule has 2 aromatic rings. The number of anilines is 1. The van der Waals surface area contributed by atoms with E-state index >= 15 is 0 Å². The average molecular weight is 374 g/mol. The molecule has 1 N–H and O–H groups in total. The first kappa shape index (κ1) is 18.9. The Bertz CT molecular complexity index is 731. The van der Waals surface area contributed by atoms with Gasteiger partial charge in [-0.15, -0.1) is 11.3 Å². The highest BCUT2D eigenvalue weighted by atomic mass is 32.1. The van der Waals surface area contributed by atoms with Gasteiger partial charge in [0.2, 0.25) is 0 Å². The molecular formula is C20H27N3O2S. The molecule has 6 heteroatoms. The monoisotopic (exact) mass is 373 g/mol. The number of hydrogen-bond donors (Lipinski definition) is 1. The fourth-order valence-electron chi connectivity index (χ4n) is 3.27. The van der Waals surface area contributed by atoms with Crippen LogP contribution in [-0.4, -0.2) is 35.0 Å². The smallest absolute Gasteiger partial charge is 0.264 e. The molecule has 26 heavy (non-hydrogen) atoms. The van der Waals surface area contributed by atoms with E-state index in [-0.39, 0.29) is 12.5 Å². The maximum atomic E-state index is 12.2. The number of carbonyl (C=O) groups is 1. The van der Waals surface area contributed by atoms with Crippen molar-refractivity contribution in [3.63, 3.8) is 0 Å². The Morgan fingerprint density at radius 2 is 2.23 bits per heavy atom. The van der Waals surface area contributed by atoms with Crippen LogP contribution in [0.4, 0.5) is 5.13 Å². The Hall–Kier alpha value is -1.92. The van der Waals surface area contributed by atoms with Crippen LogP contribution in [0.1, 0.15) is 43.6 Å². The molecule has 3 rings (SSSR count). The zero-order valence-electron chi connectivity index (χ0n) is 15.5. The lowest BCUT2D eigenvalue weighted by atomic mass is 10.0. The number of ether oxygens (including phenoxy) is 1. The predicted octanol–water partition coefficient (Wildman–Crippen LogP) is 4.10. The average Bonchev–Trinajstić information content (AvgIpc) is 3.09. The number of nitrogens with zero attached hydrogens (tertiary/aromatic N) is 2. The number of piperidine rings is 1.